The number of fused-ring (bicyclic) bond motifs is 1. The summed E-state index contributed by atoms with van der Waals surface area (Å²) in [5.74, 6) is -1.37. The fourth-order valence-corrected chi connectivity index (χ4v) is 8.24. The lowest BCUT2D eigenvalue weighted by Crippen LogP contribution is -2.63. The third-order valence-corrected chi connectivity index (χ3v) is 11.6. The fraction of sp³-hybridized carbons (Fsp3) is 0.642. The van der Waals surface area contributed by atoms with Crippen molar-refractivity contribution in [2.75, 3.05) is 33.4 Å². The summed E-state index contributed by atoms with van der Waals surface area (Å²) < 4.78 is 20.9. The number of likely N-dealkylation sites (tertiary alicyclic amines) is 1. The van der Waals surface area contributed by atoms with Gasteiger partial charge in [-0.25, -0.2) is 19.2 Å². The molecular formula is C53H83N7O12. The molecule has 4 rings (SSSR count). The number of hydrogen-bond acceptors (Lipinski definition) is 13. The maximum Gasteiger partial charge on any atom is 0.408 e. The van der Waals surface area contributed by atoms with Crippen molar-refractivity contribution in [3.05, 3.63) is 71.3 Å². The number of nitrogens with one attached hydrogen (secondary N) is 4. The van der Waals surface area contributed by atoms with Crippen molar-refractivity contribution < 1.29 is 57.6 Å². The van der Waals surface area contributed by atoms with Crippen LogP contribution in [0.3, 0.4) is 0 Å². The van der Waals surface area contributed by atoms with Gasteiger partial charge in [0, 0.05) is 32.6 Å². The fourth-order valence-electron chi connectivity index (χ4n) is 8.24. The van der Waals surface area contributed by atoms with E-state index in [9.17, 15) is 38.7 Å². The number of alkyl carbamates (subject to hydrolysis) is 3. The van der Waals surface area contributed by atoms with Crippen molar-refractivity contribution in [2.45, 2.75) is 181 Å². The summed E-state index contributed by atoms with van der Waals surface area (Å²) in [5, 5.41) is 20.9. The van der Waals surface area contributed by atoms with E-state index in [0.717, 1.165) is 16.7 Å². The first-order valence-corrected chi connectivity index (χ1v) is 25.0. The van der Waals surface area contributed by atoms with Gasteiger partial charge < -0.3 is 60.9 Å². The highest BCUT2D eigenvalue weighted by Crippen LogP contribution is 2.27. The molecule has 2 heterocycles. The van der Waals surface area contributed by atoms with Gasteiger partial charge in [-0.2, -0.15) is 0 Å². The zero-order chi connectivity index (χ0) is 54.0. The van der Waals surface area contributed by atoms with Gasteiger partial charge in [0.05, 0.1) is 25.8 Å². The first-order chi connectivity index (χ1) is 33.5. The molecule has 0 radical (unpaired) electrons. The molecular weight excluding hydrogens is 927 g/mol. The van der Waals surface area contributed by atoms with Crippen LogP contribution in [0.25, 0.3) is 0 Å². The molecule has 0 aliphatic carbocycles. The SMILES string of the molecule is CC(C)(C)OC(=O)NC(Cc1ccccc1)C(=O)N1Cc2ccccc2C[C@H]1CO.COC(=O)C1(NC(=O)OC(C)(C)C)CCN(C(=O)[C@@H](CCCCNC(=O)OC(C)(C)C)NC(=O)C(N)CC(C)C)CC1. The number of aliphatic hydroxyl groups excluding tert-OH is 1. The van der Waals surface area contributed by atoms with E-state index in [0.29, 0.717) is 51.6 Å². The smallest absolute Gasteiger partial charge is 0.408 e. The first-order valence-electron chi connectivity index (χ1n) is 25.0. The molecule has 7 N–H and O–H groups in total. The predicted octanol–water partition coefficient (Wildman–Crippen LogP) is 5.67. The van der Waals surface area contributed by atoms with Crippen LogP contribution in [-0.2, 0) is 57.5 Å². The van der Waals surface area contributed by atoms with Crippen LogP contribution in [0, 0.1) is 5.92 Å². The number of rotatable bonds is 17. The van der Waals surface area contributed by atoms with Gasteiger partial charge >= 0.3 is 24.2 Å². The lowest BCUT2D eigenvalue weighted by Gasteiger charge is -2.41. The number of hydrogen-bond donors (Lipinski definition) is 6. The molecule has 0 aromatic heterocycles. The second-order valence-electron chi connectivity index (χ2n) is 21.9. The average molecular weight is 1010 g/mol. The van der Waals surface area contributed by atoms with E-state index in [1.165, 1.54) is 7.11 Å². The van der Waals surface area contributed by atoms with Gasteiger partial charge in [-0.05, 0) is 130 Å². The summed E-state index contributed by atoms with van der Waals surface area (Å²) in [7, 11) is 1.24. The molecule has 0 saturated carbocycles. The zero-order valence-corrected chi connectivity index (χ0v) is 44.7. The number of nitrogens with zero attached hydrogens (tertiary/aromatic N) is 2. The normalized spacial score (nSPS) is 16.8. The summed E-state index contributed by atoms with van der Waals surface area (Å²) >= 11 is 0. The van der Waals surface area contributed by atoms with Crippen molar-refractivity contribution in [1.82, 2.24) is 31.1 Å². The number of carbonyl (C=O) groups is 7. The van der Waals surface area contributed by atoms with Crippen molar-refractivity contribution in [1.29, 1.82) is 0 Å². The molecule has 2 aromatic carbocycles. The number of esters is 1. The molecule has 19 nitrogen and oxygen atoms in total. The number of nitrogens with two attached hydrogens (primary N) is 1. The summed E-state index contributed by atoms with van der Waals surface area (Å²) in [4.78, 5) is 92.8. The molecule has 2 aliphatic heterocycles. The molecule has 2 aromatic rings. The number of aliphatic hydroxyl groups is 1. The minimum atomic E-state index is -1.35. The van der Waals surface area contributed by atoms with Gasteiger partial charge in [-0.15, -0.1) is 0 Å². The van der Waals surface area contributed by atoms with Gasteiger partial charge in [0.25, 0.3) is 0 Å². The average Bonchev–Trinajstić information content (AvgIpc) is 3.28. The van der Waals surface area contributed by atoms with Crippen LogP contribution in [0.5, 0.6) is 0 Å². The van der Waals surface area contributed by atoms with Crippen molar-refractivity contribution in [3.63, 3.8) is 0 Å². The Morgan fingerprint density at radius 2 is 1.29 bits per heavy atom. The highest BCUT2D eigenvalue weighted by atomic mass is 16.6. The number of amides is 6. The van der Waals surface area contributed by atoms with Gasteiger partial charge in [0.2, 0.25) is 17.7 Å². The lowest BCUT2D eigenvalue weighted by atomic mass is 9.87. The third kappa shape index (κ3) is 20.6. The monoisotopic (exact) mass is 1010 g/mol. The Morgan fingerprint density at radius 1 is 0.736 bits per heavy atom. The van der Waals surface area contributed by atoms with Crippen LogP contribution in [-0.4, -0.2) is 137 Å². The van der Waals surface area contributed by atoms with Crippen molar-refractivity contribution in [2.24, 2.45) is 11.7 Å². The van der Waals surface area contributed by atoms with E-state index >= 15 is 0 Å². The number of benzene rings is 2. The predicted molar refractivity (Wildman–Crippen MR) is 272 cm³/mol. The second kappa shape index (κ2) is 27.2. The van der Waals surface area contributed by atoms with Crippen LogP contribution < -0.4 is 27.0 Å². The van der Waals surface area contributed by atoms with E-state index in [4.69, 9.17) is 24.7 Å². The van der Waals surface area contributed by atoms with Crippen LogP contribution >= 0.6 is 0 Å². The van der Waals surface area contributed by atoms with E-state index in [-0.39, 0.29) is 56.3 Å². The van der Waals surface area contributed by atoms with Crippen molar-refractivity contribution in [3.8, 4) is 0 Å². The maximum atomic E-state index is 13.6. The summed E-state index contributed by atoms with van der Waals surface area (Å²) in [6, 6.07) is 14.8. The molecule has 1 saturated heterocycles. The molecule has 6 amide bonds. The molecule has 72 heavy (non-hydrogen) atoms. The first kappa shape index (κ1) is 60.4. The lowest BCUT2D eigenvalue weighted by molar-refractivity contribution is -0.153. The van der Waals surface area contributed by atoms with E-state index in [1.807, 2.05) is 68.4 Å². The minimum absolute atomic E-state index is 0.109. The Morgan fingerprint density at radius 3 is 1.85 bits per heavy atom. The highest BCUT2D eigenvalue weighted by molar-refractivity contribution is 5.91. The molecule has 2 unspecified atom stereocenters. The van der Waals surface area contributed by atoms with E-state index < -0.39 is 70.6 Å². The Balaban J connectivity index is 0.000000400. The van der Waals surface area contributed by atoms with Gasteiger partial charge in [-0.1, -0.05) is 68.4 Å². The number of unbranched alkanes of at least 4 members (excludes halogenated alkanes) is 1. The molecule has 4 atom stereocenters. The topological polar surface area (TPSA) is 257 Å². The Bertz CT molecular complexity index is 2110. The highest BCUT2D eigenvalue weighted by Gasteiger charge is 2.46. The Kier molecular flexibility index (Phi) is 22.8. The van der Waals surface area contributed by atoms with Crippen LogP contribution in [0.1, 0.15) is 131 Å². The zero-order valence-electron chi connectivity index (χ0n) is 44.7. The van der Waals surface area contributed by atoms with Crippen LogP contribution in [0.4, 0.5) is 14.4 Å². The molecule has 402 valence electrons. The minimum Gasteiger partial charge on any atom is -0.467 e. The number of piperidine rings is 1. The molecule has 0 bridgehead atoms. The van der Waals surface area contributed by atoms with Gasteiger partial charge in [-0.3, -0.25) is 14.4 Å². The standard InChI is InChI=1S/C29H53N5O8.C24H30N2O4/c1-19(2)18-20(30)22(35)32-21(12-10-11-15-31-25(38)41-27(3,4)5)23(36)34-16-13-29(14-17-34,24(37)40-9)33-26(39)42-28(6,7)8;1-24(2,3)30-23(29)25-21(13-17-9-5-4-6-10-17)22(28)26-15-19-12-8-7-11-18(19)14-20(26)16-27/h19-21H,10-18,30H2,1-9H3,(H,31,38)(H,32,35)(H,33,39);4-12,20-21,27H,13-16H2,1-3H3,(H,25,29)/t20?,21-;20-,21?/m10/s1. The Labute approximate surface area is 426 Å². The summed E-state index contributed by atoms with van der Waals surface area (Å²) in [5.41, 5.74) is 5.83. The Hall–Kier alpha value is -5.95. The van der Waals surface area contributed by atoms with Gasteiger partial charge in [0.15, 0.2) is 0 Å². The third-order valence-electron chi connectivity index (χ3n) is 11.6. The maximum absolute atomic E-state index is 13.6. The summed E-state index contributed by atoms with van der Waals surface area (Å²) in [6.45, 7) is 20.6. The molecule has 2 aliphatic rings. The van der Waals surface area contributed by atoms with E-state index in [1.54, 1.807) is 72.1 Å². The molecule has 0 spiro atoms. The quantitative estimate of drug-likeness (QED) is 0.0636. The van der Waals surface area contributed by atoms with Crippen LogP contribution in [0.2, 0.25) is 0 Å². The molecule has 1 fully saturated rings. The number of ether oxygens (including phenoxy) is 4. The number of carbonyl (C=O) groups excluding carboxylic acids is 7. The van der Waals surface area contributed by atoms with Crippen molar-refractivity contribution >= 4 is 42.0 Å². The summed E-state index contributed by atoms with van der Waals surface area (Å²) in [6.07, 6.45) is 1.12. The second-order valence-corrected chi connectivity index (χ2v) is 21.9. The van der Waals surface area contributed by atoms with Crippen LogP contribution in [0.15, 0.2) is 54.6 Å². The molecule has 19 heteroatoms. The largest absolute Gasteiger partial charge is 0.467 e. The van der Waals surface area contributed by atoms with E-state index in [2.05, 4.69) is 21.3 Å². The van der Waals surface area contributed by atoms with Gasteiger partial charge in [0.1, 0.15) is 34.4 Å². The number of methoxy groups -OCH3 is 1.